The quantitative estimate of drug-likeness (QED) is 0.769. The van der Waals surface area contributed by atoms with Crippen LogP contribution in [0.25, 0.3) is 0 Å². The molecular formula is C13H17NO2. The number of carbonyl (C=O) groups is 1. The molecule has 0 aromatic heterocycles. The van der Waals surface area contributed by atoms with Crippen LogP contribution >= 0.6 is 0 Å². The molecule has 1 aromatic carbocycles. The van der Waals surface area contributed by atoms with Gasteiger partial charge in [-0.15, -0.1) is 0 Å². The van der Waals surface area contributed by atoms with E-state index in [0.29, 0.717) is 12.6 Å². The summed E-state index contributed by atoms with van der Waals surface area (Å²) in [4.78, 5) is 11.8. The third kappa shape index (κ3) is 2.61. The summed E-state index contributed by atoms with van der Waals surface area (Å²) in [5.41, 5.74) is 1.76. The molecule has 0 aliphatic heterocycles. The largest absolute Gasteiger partial charge is 0.496 e. The molecule has 1 aromatic rings. The molecule has 0 unspecified atom stereocenters. The van der Waals surface area contributed by atoms with E-state index >= 15 is 0 Å². The van der Waals surface area contributed by atoms with Crippen molar-refractivity contribution in [2.45, 2.75) is 25.8 Å². The molecule has 16 heavy (non-hydrogen) atoms. The van der Waals surface area contributed by atoms with E-state index in [2.05, 4.69) is 5.32 Å². The van der Waals surface area contributed by atoms with Crippen LogP contribution in [0.1, 0.15) is 28.8 Å². The molecule has 2 rings (SSSR count). The molecule has 1 aliphatic carbocycles. The Labute approximate surface area is 95.8 Å². The van der Waals surface area contributed by atoms with Gasteiger partial charge in [0, 0.05) is 11.6 Å². The second-order valence-electron chi connectivity index (χ2n) is 4.26. The van der Waals surface area contributed by atoms with Crippen LogP contribution in [0, 0.1) is 6.92 Å². The molecule has 3 nitrogen and oxygen atoms in total. The van der Waals surface area contributed by atoms with Crippen molar-refractivity contribution in [3.63, 3.8) is 0 Å². The molecule has 0 saturated heterocycles. The highest BCUT2D eigenvalue weighted by atomic mass is 16.5. The monoisotopic (exact) mass is 219 g/mol. The van der Waals surface area contributed by atoms with Crippen molar-refractivity contribution < 1.29 is 9.53 Å². The molecule has 0 bridgehead atoms. The van der Waals surface area contributed by atoms with Crippen molar-refractivity contribution in [2.24, 2.45) is 0 Å². The zero-order chi connectivity index (χ0) is 11.5. The Balaban J connectivity index is 2.01. The van der Waals surface area contributed by atoms with E-state index < -0.39 is 0 Å². The van der Waals surface area contributed by atoms with Crippen LogP contribution in [-0.2, 0) is 0 Å². The Hall–Kier alpha value is -1.35. The van der Waals surface area contributed by atoms with E-state index in [9.17, 15) is 4.79 Å². The van der Waals surface area contributed by atoms with Crippen molar-refractivity contribution in [3.05, 3.63) is 29.3 Å². The van der Waals surface area contributed by atoms with E-state index in [1.165, 1.54) is 12.8 Å². The molecule has 1 fully saturated rings. The van der Waals surface area contributed by atoms with E-state index in [-0.39, 0.29) is 5.78 Å². The maximum absolute atomic E-state index is 11.8. The molecule has 1 aliphatic rings. The number of carbonyl (C=O) groups excluding carboxylic acids is 1. The summed E-state index contributed by atoms with van der Waals surface area (Å²) in [7, 11) is 1.64. The fraction of sp³-hybridized carbons (Fsp3) is 0.462. The first-order chi connectivity index (χ1) is 7.70. The normalized spacial score (nSPS) is 14.9. The Morgan fingerprint density at radius 1 is 1.50 bits per heavy atom. The van der Waals surface area contributed by atoms with E-state index in [1.54, 1.807) is 7.11 Å². The van der Waals surface area contributed by atoms with Gasteiger partial charge in [0.25, 0.3) is 0 Å². The van der Waals surface area contributed by atoms with E-state index in [1.807, 2.05) is 25.1 Å². The summed E-state index contributed by atoms with van der Waals surface area (Å²) >= 11 is 0. The lowest BCUT2D eigenvalue weighted by molar-refractivity contribution is 0.0990. The topological polar surface area (TPSA) is 38.3 Å². The van der Waals surface area contributed by atoms with Gasteiger partial charge in [0.05, 0.1) is 13.7 Å². The smallest absolute Gasteiger partial charge is 0.176 e. The Kier molecular flexibility index (Phi) is 3.25. The van der Waals surface area contributed by atoms with Gasteiger partial charge in [-0.3, -0.25) is 4.79 Å². The molecule has 86 valence electrons. The number of hydrogen-bond donors (Lipinski definition) is 1. The first kappa shape index (κ1) is 11.1. The highest BCUT2D eigenvalue weighted by Gasteiger charge is 2.21. The van der Waals surface area contributed by atoms with Gasteiger partial charge in [-0.2, -0.15) is 0 Å². The van der Waals surface area contributed by atoms with Crippen LogP contribution in [-0.4, -0.2) is 25.5 Å². The molecule has 1 N–H and O–H groups in total. The minimum absolute atomic E-state index is 0.151. The average Bonchev–Trinajstić information content (AvgIpc) is 3.09. The van der Waals surface area contributed by atoms with Crippen LogP contribution in [0.4, 0.5) is 0 Å². The summed E-state index contributed by atoms with van der Waals surface area (Å²) in [5, 5.41) is 3.22. The zero-order valence-corrected chi connectivity index (χ0v) is 9.75. The first-order valence-electron chi connectivity index (χ1n) is 5.62. The van der Waals surface area contributed by atoms with Gasteiger partial charge in [-0.25, -0.2) is 0 Å². The number of benzene rings is 1. The predicted octanol–water partition coefficient (Wildman–Crippen LogP) is 1.94. The summed E-state index contributed by atoms with van der Waals surface area (Å²) in [6, 6.07) is 6.13. The van der Waals surface area contributed by atoms with Crippen LogP contribution in [0.15, 0.2) is 18.2 Å². The van der Waals surface area contributed by atoms with E-state index in [4.69, 9.17) is 4.74 Å². The van der Waals surface area contributed by atoms with Gasteiger partial charge in [0.1, 0.15) is 5.75 Å². The number of Topliss-reactive ketones (excluding diaryl/α,β-unsaturated/α-hetero) is 1. The maximum Gasteiger partial charge on any atom is 0.176 e. The zero-order valence-electron chi connectivity index (χ0n) is 9.75. The van der Waals surface area contributed by atoms with Crippen LogP contribution in [0.3, 0.4) is 0 Å². The molecule has 0 amide bonds. The molecule has 0 heterocycles. The highest BCUT2D eigenvalue weighted by Crippen LogP contribution is 2.20. The number of nitrogens with one attached hydrogen (secondary N) is 1. The molecule has 0 atom stereocenters. The number of hydrogen-bond acceptors (Lipinski definition) is 3. The summed E-state index contributed by atoms with van der Waals surface area (Å²) < 4.78 is 5.16. The number of methoxy groups -OCH3 is 1. The SMILES string of the molecule is COc1ccc(C(=O)CNC2CC2)cc1C. The number of aryl methyl sites for hydroxylation is 1. The molecule has 0 spiro atoms. The van der Waals surface area contributed by atoms with Crippen molar-refractivity contribution in [1.29, 1.82) is 0 Å². The standard InChI is InChI=1S/C13H17NO2/c1-9-7-10(3-6-13(9)16-2)12(15)8-14-11-4-5-11/h3,6-7,11,14H,4-5,8H2,1-2H3. The molecule has 3 heteroatoms. The van der Waals surface area contributed by atoms with Gasteiger partial charge < -0.3 is 10.1 Å². The third-order valence-corrected chi connectivity index (χ3v) is 2.85. The lowest BCUT2D eigenvalue weighted by atomic mass is 10.1. The van der Waals surface area contributed by atoms with Gasteiger partial charge in [0.2, 0.25) is 0 Å². The highest BCUT2D eigenvalue weighted by molar-refractivity contribution is 5.98. The lowest BCUT2D eigenvalue weighted by Gasteiger charge is -2.07. The van der Waals surface area contributed by atoms with Gasteiger partial charge in [-0.1, -0.05) is 0 Å². The fourth-order valence-electron chi connectivity index (χ4n) is 1.68. The molecule has 0 radical (unpaired) electrons. The van der Waals surface area contributed by atoms with Crippen LogP contribution < -0.4 is 10.1 Å². The summed E-state index contributed by atoms with van der Waals surface area (Å²) in [6.07, 6.45) is 2.41. The minimum Gasteiger partial charge on any atom is -0.496 e. The van der Waals surface area contributed by atoms with Gasteiger partial charge in [0.15, 0.2) is 5.78 Å². The van der Waals surface area contributed by atoms with Crippen molar-refractivity contribution >= 4 is 5.78 Å². The maximum atomic E-state index is 11.8. The molecule has 1 saturated carbocycles. The van der Waals surface area contributed by atoms with Gasteiger partial charge in [-0.05, 0) is 43.5 Å². The molecular weight excluding hydrogens is 202 g/mol. The van der Waals surface area contributed by atoms with Crippen LogP contribution in [0.2, 0.25) is 0 Å². The van der Waals surface area contributed by atoms with E-state index in [0.717, 1.165) is 16.9 Å². The predicted molar refractivity (Wildman–Crippen MR) is 63.1 cm³/mol. The minimum atomic E-state index is 0.151. The first-order valence-corrected chi connectivity index (χ1v) is 5.62. The van der Waals surface area contributed by atoms with Crippen LogP contribution in [0.5, 0.6) is 5.75 Å². The second kappa shape index (κ2) is 4.66. The summed E-state index contributed by atoms with van der Waals surface area (Å²) in [6.45, 7) is 2.39. The Bertz CT molecular complexity index is 397. The third-order valence-electron chi connectivity index (χ3n) is 2.85. The summed E-state index contributed by atoms with van der Waals surface area (Å²) in [5.74, 6) is 0.976. The Morgan fingerprint density at radius 2 is 2.25 bits per heavy atom. The number of rotatable bonds is 5. The second-order valence-corrected chi connectivity index (χ2v) is 4.26. The lowest BCUT2D eigenvalue weighted by Crippen LogP contribution is -2.24. The number of ketones is 1. The van der Waals surface area contributed by atoms with Crippen molar-refractivity contribution in [2.75, 3.05) is 13.7 Å². The Morgan fingerprint density at radius 3 is 2.81 bits per heavy atom. The van der Waals surface area contributed by atoms with Gasteiger partial charge >= 0.3 is 0 Å². The van der Waals surface area contributed by atoms with Crippen molar-refractivity contribution in [1.82, 2.24) is 5.32 Å². The fourth-order valence-corrected chi connectivity index (χ4v) is 1.68. The van der Waals surface area contributed by atoms with Crippen molar-refractivity contribution in [3.8, 4) is 5.75 Å². The average molecular weight is 219 g/mol. The number of ether oxygens (including phenoxy) is 1.